The molecule has 0 saturated heterocycles. The van der Waals surface area contributed by atoms with Gasteiger partial charge in [0, 0.05) is 0 Å². The van der Waals surface area contributed by atoms with Crippen LogP contribution in [0.5, 0.6) is 0 Å². The molecule has 90 valence electrons. The molecule has 5 nitrogen and oxygen atoms in total. The SMILES string of the molecule is CCOC(=O)N(C=O)C(C=O)c1ccccc1. The monoisotopic (exact) mass is 235 g/mol. The Morgan fingerprint density at radius 1 is 1.35 bits per heavy atom. The molecular weight excluding hydrogens is 222 g/mol. The molecule has 17 heavy (non-hydrogen) atoms. The maximum absolute atomic E-state index is 11.5. The number of nitrogens with zero attached hydrogens (tertiary/aromatic N) is 1. The van der Waals surface area contributed by atoms with Crippen LogP contribution in [-0.4, -0.2) is 30.3 Å². The summed E-state index contributed by atoms with van der Waals surface area (Å²) in [5, 5.41) is 0. The summed E-state index contributed by atoms with van der Waals surface area (Å²) in [7, 11) is 0. The molecule has 2 amide bonds. The summed E-state index contributed by atoms with van der Waals surface area (Å²) in [5.74, 6) is 0. The highest BCUT2D eigenvalue weighted by atomic mass is 16.6. The van der Waals surface area contributed by atoms with Crippen molar-refractivity contribution in [1.82, 2.24) is 4.90 Å². The molecule has 1 aromatic rings. The minimum Gasteiger partial charge on any atom is -0.449 e. The number of imide groups is 1. The number of benzene rings is 1. The van der Waals surface area contributed by atoms with Gasteiger partial charge in [-0.1, -0.05) is 30.3 Å². The number of ether oxygens (including phenoxy) is 1. The summed E-state index contributed by atoms with van der Waals surface area (Å²) in [4.78, 5) is 34.1. The van der Waals surface area contributed by atoms with Gasteiger partial charge in [-0.3, -0.25) is 4.79 Å². The van der Waals surface area contributed by atoms with Crippen LogP contribution < -0.4 is 0 Å². The maximum Gasteiger partial charge on any atom is 0.417 e. The third kappa shape index (κ3) is 3.14. The Bertz CT molecular complexity index is 391. The molecule has 0 radical (unpaired) electrons. The largest absolute Gasteiger partial charge is 0.449 e. The summed E-state index contributed by atoms with van der Waals surface area (Å²) in [6, 6.07) is 7.59. The van der Waals surface area contributed by atoms with Gasteiger partial charge in [0.2, 0.25) is 6.41 Å². The number of hydrogen-bond acceptors (Lipinski definition) is 4. The van der Waals surface area contributed by atoms with E-state index in [4.69, 9.17) is 4.74 Å². The van der Waals surface area contributed by atoms with Crippen LogP contribution in [0.1, 0.15) is 18.5 Å². The van der Waals surface area contributed by atoms with Gasteiger partial charge in [-0.05, 0) is 12.5 Å². The Balaban J connectivity index is 2.95. The average Bonchev–Trinajstić information content (AvgIpc) is 2.37. The smallest absolute Gasteiger partial charge is 0.417 e. The van der Waals surface area contributed by atoms with E-state index in [1.54, 1.807) is 37.3 Å². The highest BCUT2D eigenvalue weighted by Crippen LogP contribution is 2.17. The van der Waals surface area contributed by atoms with E-state index in [1.165, 1.54) is 0 Å². The van der Waals surface area contributed by atoms with Crippen molar-refractivity contribution in [3.05, 3.63) is 35.9 Å². The molecule has 0 aromatic heterocycles. The summed E-state index contributed by atoms with van der Waals surface area (Å²) in [6.07, 6.45) is -0.00602. The summed E-state index contributed by atoms with van der Waals surface area (Å²) in [6.45, 7) is 1.77. The van der Waals surface area contributed by atoms with Crippen LogP contribution in [0.3, 0.4) is 0 Å². The molecule has 1 aromatic carbocycles. The summed E-state index contributed by atoms with van der Waals surface area (Å²) in [5.41, 5.74) is 0.558. The van der Waals surface area contributed by atoms with Crippen molar-refractivity contribution in [2.45, 2.75) is 13.0 Å². The highest BCUT2D eigenvalue weighted by Gasteiger charge is 2.25. The molecule has 1 atom stereocenters. The number of amides is 2. The van der Waals surface area contributed by atoms with E-state index in [1.807, 2.05) is 0 Å². The quantitative estimate of drug-likeness (QED) is 0.726. The fourth-order valence-electron chi connectivity index (χ4n) is 1.38. The van der Waals surface area contributed by atoms with Crippen molar-refractivity contribution < 1.29 is 19.1 Å². The van der Waals surface area contributed by atoms with E-state index in [0.29, 0.717) is 18.3 Å². The molecule has 0 saturated carbocycles. The zero-order chi connectivity index (χ0) is 12.7. The van der Waals surface area contributed by atoms with Crippen LogP contribution in [0.2, 0.25) is 0 Å². The Labute approximate surface area is 99.0 Å². The van der Waals surface area contributed by atoms with Gasteiger partial charge >= 0.3 is 6.09 Å². The molecule has 5 heteroatoms. The van der Waals surface area contributed by atoms with Crippen molar-refractivity contribution in [2.75, 3.05) is 6.61 Å². The first-order valence-corrected chi connectivity index (χ1v) is 5.15. The van der Waals surface area contributed by atoms with Gasteiger partial charge in [-0.15, -0.1) is 0 Å². The van der Waals surface area contributed by atoms with E-state index < -0.39 is 12.1 Å². The molecule has 0 fully saturated rings. The van der Waals surface area contributed by atoms with Crippen LogP contribution >= 0.6 is 0 Å². The third-order valence-electron chi connectivity index (χ3n) is 2.16. The zero-order valence-corrected chi connectivity index (χ0v) is 9.41. The Hall–Kier alpha value is -2.17. The van der Waals surface area contributed by atoms with Crippen LogP contribution in [-0.2, 0) is 14.3 Å². The Kier molecular flexibility index (Phi) is 4.87. The van der Waals surface area contributed by atoms with E-state index in [-0.39, 0.29) is 6.61 Å². The van der Waals surface area contributed by atoms with E-state index in [2.05, 4.69) is 0 Å². The lowest BCUT2D eigenvalue weighted by atomic mass is 10.1. The lowest BCUT2D eigenvalue weighted by Crippen LogP contribution is -2.35. The molecule has 0 heterocycles. The molecule has 0 aliphatic carbocycles. The summed E-state index contributed by atoms with van der Waals surface area (Å²) < 4.78 is 4.70. The van der Waals surface area contributed by atoms with Gasteiger partial charge in [0.1, 0.15) is 12.3 Å². The van der Waals surface area contributed by atoms with E-state index in [9.17, 15) is 14.4 Å². The van der Waals surface area contributed by atoms with Crippen molar-refractivity contribution in [1.29, 1.82) is 0 Å². The van der Waals surface area contributed by atoms with Gasteiger partial charge in [-0.25, -0.2) is 9.69 Å². The second-order valence-electron chi connectivity index (χ2n) is 3.20. The molecule has 1 unspecified atom stereocenters. The van der Waals surface area contributed by atoms with Crippen LogP contribution in [0, 0.1) is 0 Å². The standard InChI is InChI=1S/C12H13NO4/c1-2-17-12(16)13(9-15)11(8-14)10-6-4-3-5-7-10/h3-9,11H,2H2,1H3. The van der Waals surface area contributed by atoms with Crippen molar-refractivity contribution in [2.24, 2.45) is 0 Å². The molecule has 0 N–H and O–H groups in total. The lowest BCUT2D eigenvalue weighted by Gasteiger charge is -2.21. The maximum atomic E-state index is 11.5. The van der Waals surface area contributed by atoms with Crippen LogP contribution in [0.25, 0.3) is 0 Å². The fraction of sp³-hybridized carbons (Fsp3) is 0.250. The Morgan fingerprint density at radius 2 is 2.00 bits per heavy atom. The predicted octanol–water partition coefficient (Wildman–Crippen LogP) is 1.54. The molecule has 0 aliphatic rings. The molecule has 0 spiro atoms. The minimum absolute atomic E-state index is 0.142. The highest BCUT2D eigenvalue weighted by molar-refractivity contribution is 5.85. The van der Waals surface area contributed by atoms with Gasteiger partial charge < -0.3 is 9.53 Å². The Morgan fingerprint density at radius 3 is 2.47 bits per heavy atom. The van der Waals surface area contributed by atoms with Crippen LogP contribution in [0.15, 0.2) is 30.3 Å². The van der Waals surface area contributed by atoms with E-state index in [0.717, 1.165) is 4.90 Å². The predicted molar refractivity (Wildman–Crippen MR) is 60.2 cm³/mol. The van der Waals surface area contributed by atoms with Gasteiger partial charge in [0.05, 0.1) is 6.61 Å². The number of aldehydes is 1. The molecule has 0 aliphatic heterocycles. The fourth-order valence-corrected chi connectivity index (χ4v) is 1.38. The first kappa shape index (κ1) is 12.9. The lowest BCUT2D eigenvalue weighted by molar-refractivity contribution is -0.124. The first-order valence-electron chi connectivity index (χ1n) is 5.15. The van der Waals surface area contributed by atoms with Gasteiger partial charge in [0.25, 0.3) is 0 Å². The summed E-state index contributed by atoms with van der Waals surface area (Å²) >= 11 is 0. The first-order chi connectivity index (χ1) is 8.24. The van der Waals surface area contributed by atoms with Crippen LogP contribution in [0.4, 0.5) is 4.79 Å². The third-order valence-corrected chi connectivity index (χ3v) is 2.16. The van der Waals surface area contributed by atoms with Crippen molar-refractivity contribution in [3.8, 4) is 0 Å². The number of hydrogen-bond donors (Lipinski definition) is 0. The number of carbonyl (C=O) groups excluding carboxylic acids is 3. The molecular formula is C12H13NO4. The second-order valence-corrected chi connectivity index (χ2v) is 3.20. The zero-order valence-electron chi connectivity index (χ0n) is 9.41. The van der Waals surface area contributed by atoms with Crippen molar-refractivity contribution in [3.63, 3.8) is 0 Å². The van der Waals surface area contributed by atoms with E-state index >= 15 is 0 Å². The van der Waals surface area contributed by atoms with Gasteiger partial charge in [-0.2, -0.15) is 0 Å². The van der Waals surface area contributed by atoms with Gasteiger partial charge in [0.15, 0.2) is 0 Å². The molecule has 0 bridgehead atoms. The minimum atomic E-state index is -0.951. The number of rotatable bonds is 5. The molecule has 1 rings (SSSR count). The van der Waals surface area contributed by atoms with Crippen molar-refractivity contribution >= 4 is 18.8 Å². The average molecular weight is 235 g/mol. The normalized spacial score (nSPS) is 11.4. The second kappa shape index (κ2) is 6.42. The topological polar surface area (TPSA) is 63.7 Å². The number of carbonyl (C=O) groups is 3.